The Balaban J connectivity index is 1.40. The summed E-state index contributed by atoms with van der Waals surface area (Å²) >= 11 is 0. The molecular formula is C23H22N2O2. The van der Waals surface area contributed by atoms with E-state index in [1.807, 2.05) is 60.7 Å². The van der Waals surface area contributed by atoms with E-state index in [9.17, 15) is 4.79 Å². The van der Waals surface area contributed by atoms with Gasteiger partial charge in [0, 0.05) is 6.20 Å². The average Bonchev–Trinajstić information content (AvgIpc) is 2.71. The lowest BCUT2D eigenvalue weighted by Gasteiger charge is -2.43. The Bertz CT molecular complexity index is 889. The van der Waals surface area contributed by atoms with Crippen LogP contribution in [0.5, 0.6) is 5.75 Å². The summed E-state index contributed by atoms with van der Waals surface area (Å²) in [5, 5.41) is 3.23. The number of ether oxygens (including phenoxy) is 1. The SMILES string of the molecule is O=C(NC1(c2ccccc2)CCC1)c1ccc(COc2ccccc2)nc1. The van der Waals surface area contributed by atoms with Crippen LogP contribution in [-0.2, 0) is 12.1 Å². The standard InChI is InChI=1S/C23H22N2O2/c26-22(25-23(14-7-15-23)19-8-3-1-4-9-19)18-12-13-20(24-16-18)17-27-21-10-5-2-6-11-21/h1-6,8-13,16H,7,14-15,17H2,(H,25,26). The number of hydrogen-bond donors (Lipinski definition) is 1. The van der Waals surface area contributed by atoms with Crippen LogP contribution in [0, 0.1) is 0 Å². The maximum absolute atomic E-state index is 12.7. The lowest BCUT2D eigenvalue weighted by molar-refractivity contribution is 0.0823. The van der Waals surface area contributed by atoms with Gasteiger partial charge in [0.1, 0.15) is 12.4 Å². The van der Waals surface area contributed by atoms with Gasteiger partial charge in [-0.1, -0.05) is 48.5 Å². The van der Waals surface area contributed by atoms with Crippen molar-refractivity contribution in [2.24, 2.45) is 0 Å². The van der Waals surface area contributed by atoms with Crippen molar-refractivity contribution in [2.45, 2.75) is 31.4 Å². The molecule has 2 aromatic carbocycles. The molecule has 1 fully saturated rings. The first-order valence-corrected chi connectivity index (χ1v) is 9.26. The van der Waals surface area contributed by atoms with Crippen molar-refractivity contribution in [3.05, 3.63) is 95.8 Å². The van der Waals surface area contributed by atoms with Crippen LogP contribution in [0.25, 0.3) is 0 Å². The minimum absolute atomic E-state index is 0.0819. The van der Waals surface area contributed by atoms with E-state index in [1.54, 1.807) is 6.20 Å². The number of rotatable bonds is 6. The summed E-state index contributed by atoms with van der Waals surface area (Å²) in [5.41, 5.74) is 2.29. The minimum atomic E-state index is -0.243. The fourth-order valence-electron chi connectivity index (χ4n) is 3.38. The van der Waals surface area contributed by atoms with E-state index >= 15 is 0 Å². The molecule has 4 nitrogen and oxygen atoms in total. The maximum Gasteiger partial charge on any atom is 0.253 e. The second-order valence-corrected chi connectivity index (χ2v) is 6.90. The molecule has 0 bridgehead atoms. The average molecular weight is 358 g/mol. The lowest BCUT2D eigenvalue weighted by atomic mass is 9.71. The van der Waals surface area contributed by atoms with Crippen molar-refractivity contribution in [3.63, 3.8) is 0 Å². The zero-order chi connectivity index (χ0) is 18.5. The number of nitrogens with one attached hydrogen (secondary N) is 1. The van der Waals surface area contributed by atoms with E-state index in [2.05, 4.69) is 22.4 Å². The molecule has 136 valence electrons. The second-order valence-electron chi connectivity index (χ2n) is 6.90. The molecule has 1 saturated carbocycles. The van der Waals surface area contributed by atoms with E-state index < -0.39 is 0 Å². The molecule has 1 aliphatic rings. The predicted octanol–water partition coefficient (Wildman–Crippen LogP) is 4.47. The van der Waals surface area contributed by atoms with Crippen LogP contribution in [-0.4, -0.2) is 10.9 Å². The summed E-state index contributed by atoms with van der Waals surface area (Å²) in [6.45, 7) is 0.375. The van der Waals surface area contributed by atoms with Crippen molar-refractivity contribution >= 4 is 5.91 Å². The van der Waals surface area contributed by atoms with Gasteiger partial charge < -0.3 is 10.1 Å². The molecule has 1 N–H and O–H groups in total. The van der Waals surface area contributed by atoms with Crippen LogP contribution < -0.4 is 10.1 Å². The summed E-state index contributed by atoms with van der Waals surface area (Å²) in [6.07, 6.45) is 4.69. The van der Waals surface area contributed by atoms with Crippen LogP contribution in [0.2, 0.25) is 0 Å². The molecule has 0 atom stereocenters. The van der Waals surface area contributed by atoms with Crippen LogP contribution >= 0.6 is 0 Å². The third kappa shape index (κ3) is 3.85. The molecule has 1 aliphatic carbocycles. The fourth-order valence-corrected chi connectivity index (χ4v) is 3.38. The number of benzene rings is 2. The largest absolute Gasteiger partial charge is 0.487 e. The topological polar surface area (TPSA) is 51.2 Å². The third-order valence-electron chi connectivity index (χ3n) is 5.10. The maximum atomic E-state index is 12.7. The number of carbonyl (C=O) groups is 1. The highest BCUT2D eigenvalue weighted by molar-refractivity contribution is 5.94. The fraction of sp³-hybridized carbons (Fsp3) is 0.217. The highest BCUT2D eigenvalue weighted by Gasteiger charge is 2.40. The van der Waals surface area contributed by atoms with E-state index in [1.165, 1.54) is 5.56 Å². The number of aromatic nitrogens is 1. The number of nitrogens with zero attached hydrogens (tertiary/aromatic N) is 1. The highest BCUT2D eigenvalue weighted by atomic mass is 16.5. The molecule has 1 heterocycles. The van der Waals surface area contributed by atoms with E-state index in [4.69, 9.17) is 4.74 Å². The van der Waals surface area contributed by atoms with Gasteiger partial charge >= 0.3 is 0 Å². The predicted molar refractivity (Wildman–Crippen MR) is 104 cm³/mol. The number of carbonyl (C=O) groups excluding carboxylic acids is 1. The van der Waals surface area contributed by atoms with Gasteiger partial charge in [-0.05, 0) is 49.1 Å². The van der Waals surface area contributed by atoms with Crippen LogP contribution in [0.4, 0.5) is 0 Å². The van der Waals surface area contributed by atoms with Gasteiger partial charge in [-0.3, -0.25) is 9.78 Å². The summed E-state index contributed by atoms with van der Waals surface area (Å²) in [7, 11) is 0. The van der Waals surface area contributed by atoms with Gasteiger partial charge in [0.25, 0.3) is 5.91 Å². The number of para-hydroxylation sites is 1. The van der Waals surface area contributed by atoms with Gasteiger partial charge in [0.15, 0.2) is 0 Å². The van der Waals surface area contributed by atoms with E-state index in [0.29, 0.717) is 12.2 Å². The van der Waals surface area contributed by atoms with Crippen LogP contribution in [0.1, 0.15) is 40.9 Å². The molecular weight excluding hydrogens is 336 g/mol. The molecule has 0 aliphatic heterocycles. The Kier molecular flexibility index (Phi) is 4.88. The van der Waals surface area contributed by atoms with Gasteiger partial charge in [0.05, 0.1) is 16.8 Å². The Morgan fingerprint density at radius 1 is 0.963 bits per heavy atom. The van der Waals surface area contributed by atoms with Gasteiger partial charge in [0.2, 0.25) is 0 Å². The monoisotopic (exact) mass is 358 g/mol. The normalized spacial score (nSPS) is 14.8. The molecule has 4 rings (SSSR count). The Morgan fingerprint density at radius 2 is 1.67 bits per heavy atom. The number of amides is 1. The first-order chi connectivity index (χ1) is 13.3. The summed E-state index contributed by atoms with van der Waals surface area (Å²) < 4.78 is 5.69. The molecule has 3 aromatic rings. The summed E-state index contributed by atoms with van der Waals surface area (Å²) in [4.78, 5) is 17.1. The van der Waals surface area contributed by atoms with Gasteiger partial charge in [-0.25, -0.2) is 0 Å². The van der Waals surface area contributed by atoms with Crippen LogP contribution in [0.15, 0.2) is 79.0 Å². The number of pyridine rings is 1. The van der Waals surface area contributed by atoms with Crippen molar-refractivity contribution in [1.29, 1.82) is 0 Å². The van der Waals surface area contributed by atoms with Crippen molar-refractivity contribution in [3.8, 4) is 5.75 Å². The van der Waals surface area contributed by atoms with Gasteiger partial charge in [-0.2, -0.15) is 0 Å². The third-order valence-corrected chi connectivity index (χ3v) is 5.10. The lowest BCUT2D eigenvalue weighted by Crippen LogP contribution is -2.50. The Morgan fingerprint density at radius 3 is 2.26 bits per heavy atom. The number of hydrogen-bond acceptors (Lipinski definition) is 3. The zero-order valence-electron chi connectivity index (χ0n) is 15.1. The second kappa shape index (κ2) is 7.62. The first-order valence-electron chi connectivity index (χ1n) is 9.26. The smallest absolute Gasteiger partial charge is 0.253 e. The minimum Gasteiger partial charge on any atom is -0.487 e. The molecule has 0 radical (unpaired) electrons. The molecule has 0 unspecified atom stereocenters. The van der Waals surface area contributed by atoms with Crippen molar-refractivity contribution in [1.82, 2.24) is 10.3 Å². The molecule has 4 heteroatoms. The van der Waals surface area contributed by atoms with Crippen molar-refractivity contribution in [2.75, 3.05) is 0 Å². The zero-order valence-corrected chi connectivity index (χ0v) is 15.1. The Labute approximate surface area is 159 Å². The molecule has 0 saturated heterocycles. The molecule has 0 spiro atoms. The summed E-state index contributed by atoms with van der Waals surface area (Å²) in [6, 6.07) is 23.5. The van der Waals surface area contributed by atoms with E-state index in [-0.39, 0.29) is 11.4 Å². The molecule has 1 amide bonds. The first kappa shape index (κ1) is 17.3. The molecule has 1 aromatic heterocycles. The van der Waals surface area contributed by atoms with E-state index in [0.717, 1.165) is 30.7 Å². The van der Waals surface area contributed by atoms with Gasteiger partial charge in [-0.15, -0.1) is 0 Å². The van der Waals surface area contributed by atoms with Crippen LogP contribution in [0.3, 0.4) is 0 Å². The summed E-state index contributed by atoms with van der Waals surface area (Å²) in [5.74, 6) is 0.720. The molecule has 27 heavy (non-hydrogen) atoms. The highest BCUT2D eigenvalue weighted by Crippen LogP contribution is 2.41. The van der Waals surface area contributed by atoms with Crippen molar-refractivity contribution < 1.29 is 9.53 Å². The quantitative estimate of drug-likeness (QED) is 0.707. The Hall–Kier alpha value is -3.14.